The first-order chi connectivity index (χ1) is 10.5. The summed E-state index contributed by atoms with van der Waals surface area (Å²) in [5, 5.41) is 21.7. The number of nitriles is 1. The van der Waals surface area contributed by atoms with Crippen molar-refractivity contribution in [2.75, 3.05) is 0 Å². The predicted octanol–water partition coefficient (Wildman–Crippen LogP) is 4.28. The van der Waals surface area contributed by atoms with Crippen LogP contribution in [0.15, 0.2) is 42.5 Å². The summed E-state index contributed by atoms with van der Waals surface area (Å²) in [4.78, 5) is 10.6. The Morgan fingerprint density at radius 3 is 2.50 bits per heavy atom. The van der Waals surface area contributed by atoms with E-state index in [1.54, 1.807) is 41.9 Å². The van der Waals surface area contributed by atoms with Gasteiger partial charge in [-0.05, 0) is 23.8 Å². The Bertz CT molecular complexity index is 937. The Morgan fingerprint density at radius 2 is 1.91 bits per heavy atom. The first kappa shape index (κ1) is 14.1. The fourth-order valence-corrected chi connectivity index (χ4v) is 2.71. The van der Waals surface area contributed by atoms with Crippen LogP contribution in [0, 0.1) is 21.4 Å². The molecule has 1 heterocycles. The number of aromatic nitrogens is 1. The van der Waals surface area contributed by atoms with Gasteiger partial charge in [0.1, 0.15) is 11.8 Å². The van der Waals surface area contributed by atoms with Crippen LogP contribution < -0.4 is 0 Å². The van der Waals surface area contributed by atoms with Crippen molar-refractivity contribution in [2.24, 2.45) is 7.05 Å². The smallest absolute Gasteiger partial charge is 0.270 e. The van der Waals surface area contributed by atoms with Crippen LogP contribution >= 0.6 is 11.6 Å². The van der Waals surface area contributed by atoms with Crippen molar-refractivity contribution in [3.8, 4) is 17.2 Å². The van der Waals surface area contributed by atoms with Crippen LogP contribution in [0.3, 0.4) is 0 Å². The van der Waals surface area contributed by atoms with E-state index in [2.05, 4.69) is 6.07 Å². The van der Waals surface area contributed by atoms with Crippen molar-refractivity contribution in [3.05, 3.63) is 63.3 Å². The molecule has 0 fully saturated rings. The molecule has 0 atom stereocenters. The molecule has 0 spiro atoms. The third-order valence-corrected chi connectivity index (χ3v) is 3.88. The molecule has 0 aliphatic carbocycles. The molecule has 0 aliphatic rings. The van der Waals surface area contributed by atoms with Gasteiger partial charge in [-0.3, -0.25) is 10.1 Å². The van der Waals surface area contributed by atoms with Crippen molar-refractivity contribution in [1.82, 2.24) is 4.57 Å². The molecule has 0 bridgehead atoms. The van der Waals surface area contributed by atoms with E-state index in [0.29, 0.717) is 21.7 Å². The second-order valence-electron chi connectivity index (χ2n) is 4.86. The fraction of sp³-hybridized carbons (Fsp3) is 0.0625. The van der Waals surface area contributed by atoms with Crippen LogP contribution in [0.25, 0.3) is 22.0 Å². The van der Waals surface area contributed by atoms with Crippen molar-refractivity contribution in [3.63, 3.8) is 0 Å². The zero-order valence-corrected chi connectivity index (χ0v) is 12.3. The number of aryl methyl sites for hydroxylation is 1. The average molecular weight is 312 g/mol. The minimum atomic E-state index is -0.440. The van der Waals surface area contributed by atoms with Gasteiger partial charge in [0, 0.05) is 40.7 Å². The summed E-state index contributed by atoms with van der Waals surface area (Å²) in [6.45, 7) is 0. The number of fused-ring (bicyclic) bond motifs is 1. The summed E-state index contributed by atoms with van der Waals surface area (Å²) in [5.41, 5.74) is 2.70. The van der Waals surface area contributed by atoms with Gasteiger partial charge in [0.25, 0.3) is 5.69 Å². The first-order valence-corrected chi connectivity index (χ1v) is 6.83. The van der Waals surface area contributed by atoms with Crippen molar-refractivity contribution < 1.29 is 4.92 Å². The van der Waals surface area contributed by atoms with E-state index in [1.165, 1.54) is 12.1 Å². The van der Waals surface area contributed by atoms with Gasteiger partial charge in [0.2, 0.25) is 0 Å². The number of nitro groups is 1. The number of nitro benzene ring substituents is 1. The van der Waals surface area contributed by atoms with Crippen LogP contribution in [0.5, 0.6) is 0 Å². The molecular formula is C16H10ClN3O2. The number of non-ortho nitro benzene ring substituents is 1. The number of halogens is 1. The van der Waals surface area contributed by atoms with Gasteiger partial charge in [-0.2, -0.15) is 5.26 Å². The minimum absolute atomic E-state index is 0.00203. The molecule has 0 aliphatic heterocycles. The molecule has 108 valence electrons. The normalized spacial score (nSPS) is 10.6. The zero-order valence-electron chi connectivity index (χ0n) is 11.6. The van der Waals surface area contributed by atoms with Crippen molar-refractivity contribution in [1.29, 1.82) is 5.26 Å². The van der Waals surface area contributed by atoms with Gasteiger partial charge < -0.3 is 4.57 Å². The standard InChI is InChI=1S/C16H10ClN3O2/c1-19-14-7-6-12(20(21)22)8-13(14)16(15(19)9-18)10-2-4-11(17)5-3-10/h2-8H,1H3. The average Bonchev–Trinajstić information content (AvgIpc) is 2.80. The number of nitrogens with zero attached hydrogens (tertiary/aromatic N) is 3. The molecule has 0 radical (unpaired) electrons. The Labute approximate surface area is 131 Å². The number of hydrogen-bond acceptors (Lipinski definition) is 3. The molecule has 0 saturated heterocycles. The molecule has 3 rings (SSSR count). The molecule has 6 heteroatoms. The second kappa shape index (κ2) is 5.17. The summed E-state index contributed by atoms with van der Waals surface area (Å²) >= 11 is 5.90. The highest BCUT2D eigenvalue weighted by Gasteiger charge is 2.19. The molecular weight excluding hydrogens is 302 g/mol. The van der Waals surface area contributed by atoms with E-state index >= 15 is 0 Å². The van der Waals surface area contributed by atoms with Crippen LogP contribution in [0.1, 0.15) is 5.69 Å². The highest BCUT2D eigenvalue weighted by molar-refractivity contribution is 6.30. The van der Waals surface area contributed by atoms with Gasteiger partial charge in [0.05, 0.1) is 4.92 Å². The second-order valence-corrected chi connectivity index (χ2v) is 5.30. The summed E-state index contributed by atoms with van der Waals surface area (Å²) in [7, 11) is 1.77. The molecule has 0 amide bonds. The maximum absolute atomic E-state index is 11.0. The number of hydrogen-bond donors (Lipinski definition) is 0. The fourth-order valence-electron chi connectivity index (χ4n) is 2.59. The van der Waals surface area contributed by atoms with Crippen LogP contribution in [0.2, 0.25) is 5.02 Å². The molecule has 2 aromatic carbocycles. The van der Waals surface area contributed by atoms with Crippen LogP contribution in [0.4, 0.5) is 5.69 Å². The summed E-state index contributed by atoms with van der Waals surface area (Å²) in [6.07, 6.45) is 0. The minimum Gasteiger partial charge on any atom is -0.335 e. The molecule has 5 nitrogen and oxygen atoms in total. The highest BCUT2D eigenvalue weighted by Crippen LogP contribution is 2.36. The number of rotatable bonds is 2. The molecule has 0 N–H and O–H groups in total. The topological polar surface area (TPSA) is 71.9 Å². The zero-order chi connectivity index (χ0) is 15.9. The molecule has 0 saturated carbocycles. The van der Waals surface area contributed by atoms with Gasteiger partial charge in [0.15, 0.2) is 0 Å². The Hall–Kier alpha value is -2.84. The maximum atomic E-state index is 11.0. The van der Waals surface area contributed by atoms with E-state index in [-0.39, 0.29) is 5.69 Å². The van der Waals surface area contributed by atoms with Crippen molar-refractivity contribution >= 4 is 28.2 Å². The summed E-state index contributed by atoms with van der Waals surface area (Å²) < 4.78 is 1.74. The first-order valence-electron chi connectivity index (χ1n) is 6.46. The third kappa shape index (κ3) is 2.10. The van der Waals surface area contributed by atoms with Gasteiger partial charge in [-0.1, -0.05) is 23.7 Å². The van der Waals surface area contributed by atoms with E-state index in [4.69, 9.17) is 11.6 Å². The third-order valence-electron chi connectivity index (χ3n) is 3.63. The Morgan fingerprint density at radius 1 is 1.23 bits per heavy atom. The lowest BCUT2D eigenvalue weighted by Gasteiger charge is -2.01. The van der Waals surface area contributed by atoms with Gasteiger partial charge in [-0.15, -0.1) is 0 Å². The Kier molecular flexibility index (Phi) is 3.32. The number of benzene rings is 2. The van der Waals surface area contributed by atoms with Gasteiger partial charge in [-0.25, -0.2) is 0 Å². The van der Waals surface area contributed by atoms with E-state index in [1.807, 2.05) is 0 Å². The lowest BCUT2D eigenvalue weighted by molar-refractivity contribution is -0.384. The lowest BCUT2D eigenvalue weighted by atomic mass is 10.0. The summed E-state index contributed by atoms with van der Waals surface area (Å²) in [6, 6.07) is 13.8. The highest BCUT2D eigenvalue weighted by atomic mass is 35.5. The molecule has 22 heavy (non-hydrogen) atoms. The van der Waals surface area contributed by atoms with Crippen LogP contribution in [-0.2, 0) is 7.05 Å². The molecule has 3 aromatic rings. The predicted molar refractivity (Wildman–Crippen MR) is 84.7 cm³/mol. The molecule has 0 unspecified atom stereocenters. The largest absolute Gasteiger partial charge is 0.335 e. The van der Waals surface area contributed by atoms with E-state index in [0.717, 1.165) is 11.1 Å². The Balaban J connectivity index is 2.40. The lowest BCUT2D eigenvalue weighted by Crippen LogP contribution is -1.92. The quantitative estimate of drug-likeness (QED) is 0.524. The van der Waals surface area contributed by atoms with Gasteiger partial charge >= 0.3 is 0 Å². The van der Waals surface area contributed by atoms with Crippen LogP contribution in [-0.4, -0.2) is 9.49 Å². The van der Waals surface area contributed by atoms with E-state index < -0.39 is 4.92 Å². The van der Waals surface area contributed by atoms with Crippen molar-refractivity contribution in [2.45, 2.75) is 0 Å². The maximum Gasteiger partial charge on any atom is 0.270 e. The van der Waals surface area contributed by atoms with E-state index in [9.17, 15) is 15.4 Å². The monoisotopic (exact) mass is 311 g/mol. The SMILES string of the molecule is Cn1c(C#N)c(-c2ccc(Cl)cc2)c2cc([N+](=O)[O-])ccc21. The summed E-state index contributed by atoms with van der Waals surface area (Å²) in [5.74, 6) is 0. The molecule has 1 aromatic heterocycles.